The van der Waals surface area contributed by atoms with Crippen molar-refractivity contribution in [1.82, 2.24) is 0 Å². The summed E-state index contributed by atoms with van der Waals surface area (Å²) in [5.41, 5.74) is -1.10. The van der Waals surface area contributed by atoms with Crippen LogP contribution in [0.3, 0.4) is 0 Å². The van der Waals surface area contributed by atoms with Crippen molar-refractivity contribution in [1.29, 1.82) is 0 Å². The Balaban J connectivity index is 3.07. The molecule has 1 aromatic carbocycles. The van der Waals surface area contributed by atoms with Crippen molar-refractivity contribution < 1.29 is 19.7 Å². The molecule has 1 N–H and O–H groups in total. The fourth-order valence-electron chi connectivity index (χ4n) is 1.58. The van der Waals surface area contributed by atoms with E-state index in [1.807, 2.05) is 0 Å². The molecule has 0 bridgehead atoms. The highest BCUT2D eigenvalue weighted by atomic mass is 32.2. The van der Waals surface area contributed by atoms with Gasteiger partial charge in [-0.1, -0.05) is 0 Å². The van der Waals surface area contributed by atoms with Gasteiger partial charge in [0, 0.05) is 6.07 Å². The van der Waals surface area contributed by atoms with E-state index in [1.165, 1.54) is 11.8 Å². The number of nitrogens with zero attached hydrogens (tertiary/aromatic N) is 2. The van der Waals surface area contributed by atoms with Crippen LogP contribution in [0.5, 0.6) is 0 Å². The molecule has 114 valence electrons. The second kappa shape index (κ2) is 7.43. The number of carbonyl (C=O) groups is 1. The first-order chi connectivity index (χ1) is 9.86. The molecule has 0 radical (unpaired) electrons. The number of aliphatic carboxylic acids is 1. The molecule has 9 nitrogen and oxygen atoms in total. The number of rotatable bonds is 8. The van der Waals surface area contributed by atoms with Gasteiger partial charge in [-0.3, -0.25) is 20.2 Å². The number of benzene rings is 1. The number of nitro groups is 2. The number of anilines is 1. The average molecular weight is 314 g/mol. The van der Waals surface area contributed by atoms with Crippen molar-refractivity contribution in [2.24, 2.45) is 0 Å². The first-order valence-corrected chi connectivity index (χ1v) is 7.15. The molecule has 0 spiro atoms. The first kappa shape index (κ1) is 16.7. The van der Waals surface area contributed by atoms with E-state index in [4.69, 9.17) is 0 Å². The Labute approximate surface area is 123 Å². The van der Waals surface area contributed by atoms with Gasteiger partial charge in [0.1, 0.15) is 5.69 Å². The molecule has 0 saturated heterocycles. The molecule has 0 aromatic heterocycles. The Kier molecular flexibility index (Phi) is 5.91. The molecule has 1 aromatic rings. The quantitative estimate of drug-likeness (QED) is 0.548. The number of carboxylic acid groups (broad SMARTS) is 1. The number of thioether (sulfide) groups is 1. The zero-order valence-corrected chi connectivity index (χ0v) is 11.8. The second-order valence-corrected chi connectivity index (χ2v) is 5.00. The van der Waals surface area contributed by atoms with Crippen LogP contribution in [0, 0.1) is 20.2 Å². The van der Waals surface area contributed by atoms with Gasteiger partial charge in [0.2, 0.25) is 0 Å². The molecule has 0 aliphatic carbocycles. The lowest BCUT2D eigenvalue weighted by atomic mass is 10.2. The summed E-state index contributed by atoms with van der Waals surface area (Å²) in [4.78, 5) is 31.0. The third-order valence-corrected chi connectivity index (χ3v) is 3.26. The van der Waals surface area contributed by atoms with Crippen molar-refractivity contribution in [3.63, 3.8) is 0 Å². The lowest BCUT2D eigenvalue weighted by molar-refractivity contribution is -0.393. The molecule has 1 atom stereocenters. The van der Waals surface area contributed by atoms with Crippen LogP contribution in [0.15, 0.2) is 18.2 Å². The molecule has 0 aliphatic rings. The van der Waals surface area contributed by atoms with Gasteiger partial charge in [0.25, 0.3) is 11.4 Å². The monoisotopic (exact) mass is 314 g/mol. The van der Waals surface area contributed by atoms with E-state index < -0.39 is 33.2 Å². The number of hydrogen-bond acceptors (Lipinski definition) is 8. The van der Waals surface area contributed by atoms with Gasteiger partial charge in [-0.15, -0.1) is 0 Å². The lowest BCUT2D eigenvalue weighted by Gasteiger charge is -2.20. The summed E-state index contributed by atoms with van der Waals surface area (Å²) in [7, 11) is 0. The number of non-ortho nitro benzene ring substituents is 1. The topological polar surface area (TPSA) is 138 Å². The van der Waals surface area contributed by atoms with Crippen LogP contribution in [0.2, 0.25) is 0 Å². The third-order valence-electron chi connectivity index (χ3n) is 2.61. The molecule has 1 rings (SSSR count). The molecule has 0 fully saturated rings. The Morgan fingerprint density at radius 1 is 1.33 bits per heavy atom. The minimum absolute atomic E-state index is 0.0964. The number of nitro benzene ring substituents is 2. The van der Waals surface area contributed by atoms with E-state index in [1.54, 1.807) is 6.26 Å². The summed E-state index contributed by atoms with van der Waals surface area (Å²) < 4.78 is 0. The Hall–Kier alpha value is -2.36. The Morgan fingerprint density at radius 2 is 2.00 bits per heavy atom. The largest absolute Gasteiger partial charge is 0.548 e. The molecule has 0 heterocycles. The van der Waals surface area contributed by atoms with Gasteiger partial charge in [-0.2, -0.15) is 11.8 Å². The highest BCUT2D eigenvalue weighted by Gasteiger charge is 2.21. The predicted octanol–water partition coefficient (Wildman–Crippen LogP) is 0.786. The van der Waals surface area contributed by atoms with E-state index in [0.29, 0.717) is 5.75 Å². The third kappa shape index (κ3) is 4.60. The van der Waals surface area contributed by atoms with E-state index in [0.717, 1.165) is 18.2 Å². The first-order valence-electron chi connectivity index (χ1n) is 5.76. The SMILES string of the molecule is CSCCC(Nc1ccc([N+](=O)[O-])cc1[N+](=O)[O-])C(=O)[O-]. The summed E-state index contributed by atoms with van der Waals surface area (Å²) >= 11 is 1.42. The van der Waals surface area contributed by atoms with Crippen molar-refractivity contribution in [2.75, 3.05) is 17.3 Å². The minimum Gasteiger partial charge on any atom is -0.548 e. The fraction of sp³-hybridized carbons (Fsp3) is 0.364. The average Bonchev–Trinajstić information content (AvgIpc) is 2.42. The van der Waals surface area contributed by atoms with Gasteiger partial charge in [0.15, 0.2) is 0 Å². The smallest absolute Gasteiger partial charge is 0.299 e. The highest BCUT2D eigenvalue weighted by Crippen LogP contribution is 2.29. The van der Waals surface area contributed by atoms with Crippen LogP contribution in [0.4, 0.5) is 17.1 Å². The number of carbonyl (C=O) groups excluding carboxylic acids is 1. The molecular formula is C11H12N3O6S-. The molecule has 1 unspecified atom stereocenters. The van der Waals surface area contributed by atoms with Gasteiger partial charge < -0.3 is 15.2 Å². The molecule has 0 amide bonds. The summed E-state index contributed by atoms with van der Waals surface area (Å²) in [6.45, 7) is 0. The van der Waals surface area contributed by atoms with E-state index in [9.17, 15) is 30.1 Å². The van der Waals surface area contributed by atoms with Gasteiger partial charge in [-0.05, 0) is 24.5 Å². The van der Waals surface area contributed by atoms with Crippen LogP contribution in [0.25, 0.3) is 0 Å². The van der Waals surface area contributed by atoms with Crippen LogP contribution in [0.1, 0.15) is 6.42 Å². The molecular weight excluding hydrogens is 302 g/mol. The fourth-order valence-corrected chi connectivity index (χ4v) is 2.05. The summed E-state index contributed by atoms with van der Waals surface area (Å²) in [6.07, 6.45) is 2.00. The van der Waals surface area contributed by atoms with Gasteiger partial charge in [-0.25, -0.2) is 0 Å². The van der Waals surface area contributed by atoms with Crippen molar-refractivity contribution in [3.8, 4) is 0 Å². The van der Waals surface area contributed by atoms with Gasteiger partial charge in [0.05, 0.1) is 27.9 Å². The molecule has 10 heteroatoms. The Bertz CT molecular complexity index is 565. The summed E-state index contributed by atoms with van der Waals surface area (Å²) in [5, 5.41) is 35.0. The normalized spacial score (nSPS) is 11.7. The molecule has 0 aliphatic heterocycles. The zero-order chi connectivity index (χ0) is 16.0. The van der Waals surface area contributed by atoms with Crippen molar-refractivity contribution >= 4 is 34.8 Å². The standard InChI is InChI=1S/C11H13N3O6S/c1-21-5-4-9(11(15)16)12-8-3-2-7(13(17)18)6-10(8)14(19)20/h2-3,6,9,12H,4-5H2,1H3,(H,15,16)/p-1. The van der Waals surface area contributed by atoms with Crippen LogP contribution < -0.4 is 10.4 Å². The van der Waals surface area contributed by atoms with E-state index in [2.05, 4.69) is 5.32 Å². The molecule has 21 heavy (non-hydrogen) atoms. The summed E-state index contributed by atoms with van der Waals surface area (Å²) in [6, 6.07) is 1.85. The maximum atomic E-state index is 11.0. The number of carboxylic acids is 1. The maximum Gasteiger partial charge on any atom is 0.299 e. The minimum atomic E-state index is -1.39. The summed E-state index contributed by atoms with van der Waals surface area (Å²) in [5.74, 6) is -0.872. The van der Waals surface area contributed by atoms with Gasteiger partial charge >= 0.3 is 0 Å². The molecule has 0 saturated carbocycles. The van der Waals surface area contributed by atoms with E-state index in [-0.39, 0.29) is 12.1 Å². The maximum absolute atomic E-state index is 11.0. The number of hydrogen-bond donors (Lipinski definition) is 1. The highest BCUT2D eigenvalue weighted by molar-refractivity contribution is 7.98. The van der Waals surface area contributed by atoms with Crippen LogP contribution in [-0.4, -0.2) is 33.9 Å². The van der Waals surface area contributed by atoms with Crippen molar-refractivity contribution in [3.05, 3.63) is 38.4 Å². The lowest BCUT2D eigenvalue weighted by Crippen LogP contribution is -2.41. The van der Waals surface area contributed by atoms with Crippen LogP contribution in [-0.2, 0) is 4.79 Å². The number of nitrogens with one attached hydrogen (secondary N) is 1. The van der Waals surface area contributed by atoms with Crippen LogP contribution >= 0.6 is 11.8 Å². The Morgan fingerprint density at radius 3 is 2.48 bits per heavy atom. The predicted molar refractivity (Wildman–Crippen MR) is 75.2 cm³/mol. The zero-order valence-electron chi connectivity index (χ0n) is 11.0. The van der Waals surface area contributed by atoms with Crippen molar-refractivity contribution in [2.45, 2.75) is 12.5 Å². The second-order valence-electron chi connectivity index (χ2n) is 4.01. The van der Waals surface area contributed by atoms with E-state index >= 15 is 0 Å².